The second-order valence-electron chi connectivity index (χ2n) is 4.70. The minimum atomic E-state index is -0.413. The summed E-state index contributed by atoms with van der Waals surface area (Å²) in [4.78, 5) is 0. The van der Waals surface area contributed by atoms with E-state index < -0.39 is 6.10 Å². The summed E-state index contributed by atoms with van der Waals surface area (Å²) >= 11 is 0. The molecular formula is C17H20O. The van der Waals surface area contributed by atoms with Crippen molar-refractivity contribution in [3.05, 3.63) is 71.3 Å². The molecule has 0 radical (unpaired) electrons. The van der Waals surface area contributed by atoms with Gasteiger partial charge in [-0.2, -0.15) is 0 Å². The van der Waals surface area contributed by atoms with Crippen LogP contribution in [-0.2, 0) is 12.8 Å². The Labute approximate surface area is 109 Å². The number of aryl methyl sites for hydroxylation is 1. The Kier molecular flexibility index (Phi) is 4.54. The maximum absolute atomic E-state index is 10.3. The molecule has 0 amide bonds. The zero-order valence-electron chi connectivity index (χ0n) is 10.8. The predicted molar refractivity (Wildman–Crippen MR) is 75.5 cm³/mol. The Hall–Kier alpha value is -1.60. The number of hydrogen-bond acceptors (Lipinski definition) is 1. The number of aliphatic hydroxyl groups excluding tert-OH is 1. The largest absolute Gasteiger partial charge is 0.388 e. The minimum absolute atomic E-state index is 0.413. The first-order valence-corrected chi connectivity index (χ1v) is 6.60. The summed E-state index contributed by atoms with van der Waals surface area (Å²) in [6.07, 6.45) is 2.48. The van der Waals surface area contributed by atoms with Gasteiger partial charge in [0.15, 0.2) is 0 Å². The third kappa shape index (κ3) is 3.44. The Morgan fingerprint density at radius 3 is 2.39 bits per heavy atom. The first-order chi connectivity index (χ1) is 8.79. The van der Waals surface area contributed by atoms with Gasteiger partial charge in [-0.05, 0) is 23.1 Å². The molecule has 1 N–H and O–H groups in total. The molecule has 0 aromatic heterocycles. The maximum Gasteiger partial charge on any atom is 0.0830 e. The quantitative estimate of drug-likeness (QED) is 0.840. The first kappa shape index (κ1) is 12.8. The molecule has 94 valence electrons. The smallest absolute Gasteiger partial charge is 0.0830 e. The molecule has 0 bridgehead atoms. The van der Waals surface area contributed by atoms with Crippen LogP contribution in [0.5, 0.6) is 0 Å². The summed E-state index contributed by atoms with van der Waals surface area (Å²) in [6.45, 7) is 2.17. The van der Waals surface area contributed by atoms with Crippen molar-refractivity contribution in [3.8, 4) is 0 Å². The summed E-state index contributed by atoms with van der Waals surface area (Å²) in [6, 6.07) is 18.4. The second kappa shape index (κ2) is 6.36. The highest BCUT2D eigenvalue weighted by molar-refractivity contribution is 5.27. The molecule has 2 aromatic carbocycles. The number of aliphatic hydroxyl groups is 1. The van der Waals surface area contributed by atoms with E-state index in [1.54, 1.807) is 0 Å². The summed E-state index contributed by atoms with van der Waals surface area (Å²) in [5, 5.41) is 10.3. The van der Waals surface area contributed by atoms with Crippen molar-refractivity contribution in [3.63, 3.8) is 0 Å². The van der Waals surface area contributed by atoms with Gasteiger partial charge in [0, 0.05) is 6.42 Å². The Morgan fingerprint density at radius 2 is 1.67 bits per heavy atom. The molecule has 0 heterocycles. The zero-order chi connectivity index (χ0) is 12.8. The van der Waals surface area contributed by atoms with E-state index >= 15 is 0 Å². The van der Waals surface area contributed by atoms with Crippen LogP contribution in [0.3, 0.4) is 0 Å². The molecule has 0 spiro atoms. The molecule has 0 aliphatic heterocycles. The lowest BCUT2D eigenvalue weighted by molar-refractivity contribution is 0.178. The van der Waals surface area contributed by atoms with Crippen molar-refractivity contribution in [1.82, 2.24) is 0 Å². The SMILES string of the molecule is CCCc1cccc(C(O)Cc2ccccc2)c1. The molecule has 18 heavy (non-hydrogen) atoms. The van der Waals surface area contributed by atoms with Gasteiger partial charge in [0.05, 0.1) is 6.10 Å². The van der Waals surface area contributed by atoms with Gasteiger partial charge >= 0.3 is 0 Å². The number of benzene rings is 2. The van der Waals surface area contributed by atoms with E-state index in [1.165, 1.54) is 11.1 Å². The summed E-state index contributed by atoms with van der Waals surface area (Å²) in [5.41, 5.74) is 3.50. The van der Waals surface area contributed by atoms with Crippen LogP contribution >= 0.6 is 0 Å². The van der Waals surface area contributed by atoms with E-state index in [0.29, 0.717) is 6.42 Å². The Bertz CT molecular complexity index is 476. The Morgan fingerprint density at radius 1 is 0.944 bits per heavy atom. The van der Waals surface area contributed by atoms with E-state index in [-0.39, 0.29) is 0 Å². The van der Waals surface area contributed by atoms with Gasteiger partial charge in [-0.3, -0.25) is 0 Å². The molecule has 1 heteroatoms. The van der Waals surface area contributed by atoms with Crippen molar-refractivity contribution in [2.45, 2.75) is 32.3 Å². The summed E-state index contributed by atoms with van der Waals surface area (Å²) < 4.78 is 0. The average Bonchev–Trinajstić information content (AvgIpc) is 2.40. The molecule has 0 aliphatic carbocycles. The van der Waals surface area contributed by atoms with Crippen molar-refractivity contribution in [2.75, 3.05) is 0 Å². The summed E-state index contributed by atoms with van der Waals surface area (Å²) in [7, 11) is 0. The Balaban J connectivity index is 2.08. The van der Waals surface area contributed by atoms with Crippen LogP contribution in [0.15, 0.2) is 54.6 Å². The highest BCUT2D eigenvalue weighted by Gasteiger charge is 2.08. The lowest BCUT2D eigenvalue weighted by Crippen LogP contribution is -2.02. The second-order valence-corrected chi connectivity index (χ2v) is 4.70. The normalized spacial score (nSPS) is 12.3. The van der Waals surface area contributed by atoms with Crippen LogP contribution < -0.4 is 0 Å². The fraction of sp³-hybridized carbons (Fsp3) is 0.294. The monoisotopic (exact) mass is 240 g/mol. The molecule has 1 nitrogen and oxygen atoms in total. The summed E-state index contributed by atoms with van der Waals surface area (Å²) in [5.74, 6) is 0. The van der Waals surface area contributed by atoms with Gasteiger partial charge in [0.2, 0.25) is 0 Å². The molecule has 0 aliphatic rings. The highest BCUT2D eigenvalue weighted by Crippen LogP contribution is 2.19. The predicted octanol–water partition coefficient (Wildman–Crippen LogP) is 3.92. The van der Waals surface area contributed by atoms with Gasteiger partial charge in [0.1, 0.15) is 0 Å². The van der Waals surface area contributed by atoms with E-state index in [0.717, 1.165) is 18.4 Å². The lowest BCUT2D eigenvalue weighted by Gasteiger charge is -2.12. The van der Waals surface area contributed by atoms with Crippen LogP contribution in [0.1, 0.15) is 36.1 Å². The zero-order valence-corrected chi connectivity index (χ0v) is 10.8. The molecule has 2 rings (SSSR count). The van der Waals surface area contributed by atoms with Crippen molar-refractivity contribution in [2.24, 2.45) is 0 Å². The van der Waals surface area contributed by atoms with Gasteiger partial charge in [-0.25, -0.2) is 0 Å². The number of hydrogen-bond donors (Lipinski definition) is 1. The highest BCUT2D eigenvalue weighted by atomic mass is 16.3. The average molecular weight is 240 g/mol. The van der Waals surface area contributed by atoms with Gasteiger partial charge < -0.3 is 5.11 Å². The van der Waals surface area contributed by atoms with Crippen molar-refractivity contribution >= 4 is 0 Å². The van der Waals surface area contributed by atoms with E-state index in [9.17, 15) is 5.11 Å². The third-order valence-electron chi connectivity index (χ3n) is 3.15. The number of rotatable bonds is 5. The molecule has 1 unspecified atom stereocenters. The molecular weight excluding hydrogens is 220 g/mol. The maximum atomic E-state index is 10.3. The molecule has 2 aromatic rings. The lowest BCUT2D eigenvalue weighted by atomic mass is 9.98. The topological polar surface area (TPSA) is 20.2 Å². The van der Waals surface area contributed by atoms with Crippen molar-refractivity contribution in [1.29, 1.82) is 0 Å². The molecule has 0 fully saturated rings. The van der Waals surface area contributed by atoms with Crippen LogP contribution in [0.2, 0.25) is 0 Å². The fourth-order valence-corrected chi connectivity index (χ4v) is 2.20. The van der Waals surface area contributed by atoms with Crippen molar-refractivity contribution < 1.29 is 5.11 Å². The van der Waals surface area contributed by atoms with E-state index in [2.05, 4.69) is 31.2 Å². The van der Waals surface area contributed by atoms with Gasteiger partial charge in [-0.15, -0.1) is 0 Å². The van der Waals surface area contributed by atoms with E-state index in [1.807, 2.05) is 30.3 Å². The molecule has 0 saturated heterocycles. The fourth-order valence-electron chi connectivity index (χ4n) is 2.20. The van der Waals surface area contributed by atoms with E-state index in [4.69, 9.17) is 0 Å². The van der Waals surface area contributed by atoms with Gasteiger partial charge in [0.25, 0.3) is 0 Å². The molecule has 1 atom stereocenters. The van der Waals surface area contributed by atoms with Crippen LogP contribution in [0.4, 0.5) is 0 Å². The third-order valence-corrected chi connectivity index (χ3v) is 3.15. The van der Waals surface area contributed by atoms with Gasteiger partial charge in [-0.1, -0.05) is 67.9 Å². The minimum Gasteiger partial charge on any atom is -0.388 e. The standard InChI is InChI=1S/C17H20O/c1-2-7-14-10-6-11-16(12-14)17(18)13-15-8-4-3-5-9-15/h3-6,8-12,17-18H,2,7,13H2,1H3. The van der Waals surface area contributed by atoms with Crippen LogP contribution in [-0.4, -0.2) is 5.11 Å². The van der Waals surface area contributed by atoms with Crippen LogP contribution in [0.25, 0.3) is 0 Å². The van der Waals surface area contributed by atoms with Crippen LogP contribution in [0, 0.1) is 0 Å². The molecule has 0 saturated carbocycles. The first-order valence-electron chi connectivity index (χ1n) is 6.60.